The Balaban J connectivity index is 2.31. The van der Waals surface area contributed by atoms with E-state index in [9.17, 15) is 9.50 Å². The average molecular weight is 276 g/mol. The normalized spacial score (nSPS) is 13.8. The van der Waals surface area contributed by atoms with Crippen LogP contribution in [0.15, 0.2) is 42.7 Å². The van der Waals surface area contributed by atoms with E-state index in [0.717, 1.165) is 5.56 Å². The number of ether oxygens (including phenoxy) is 1. The molecule has 0 bridgehead atoms. The number of nitrogens with zero attached hydrogens (tertiary/aromatic N) is 1. The first-order valence-electron chi connectivity index (χ1n) is 6.29. The first-order valence-corrected chi connectivity index (χ1v) is 6.29. The molecule has 2 aromatic rings. The number of nitrogens with two attached hydrogens (primary N) is 1. The molecule has 0 spiro atoms. The molecule has 4 nitrogen and oxygen atoms in total. The molecule has 2 atom stereocenters. The third-order valence-electron chi connectivity index (χ3n) is 3.27. The molecule has 3 N–H and O–H groups in total. The number of rotatable bonds is 5. The van der Waals surface area contributed by atoms with Gasteiger partial charge in [-0.3, -0.25) is 4.98 Å². The molecule has 1 heterocycles. The zero-order chi connectivity index (χ0) is 14.5. The molecule has 20 heavy (non-hydrogen) atoms. The van der Waals surface area contributed by atoms with Crippen molar-refractivity contribution in [3.63, 3.8) is 0 Å². The van der Waals surface area contributed by atoms with Gasteiger partial charge in [-0.25, -0.2) is 4.39 Å². The van der Waals surface area contributed by atoms with Crippen LogP contribution in [-0.2, 0) is 0 Å². The fourth-order valence-corrected chi connectivity index (χ4v) is 2.13. The fourth-order valence-electron chi connectivity index (χ4n) is 2.13. The molecule has 5 heteroatoms. The molecular formula is C15H17FN2O2. The number of aromatic nitrogens is 1. The topological polar surface area (TPSA) is 68.4 Å². The molecule has 1 aromatic carbocycles. The van der Waals surface area contributed by atoms with Crippen LogP contribution in [0.4, 0.5) is 4.39 Å². The van der Waals surface area contributed by atoms with Gasteiger partial charge in [0.2, 0.25) is 0 Å². The maximum Gasteiger partial charge on any atom is 0.132 e. The van der Waals surface area contributed by atoms with Crippen LogP contribution in [0.3, 0.4) is 0 Å². The predicted octanol–water partition coefficient (Wildman–Crippen LogP) is 2.01. The van der Waals surface area contributed by atoms with Crippen LogP contribution in [0.5, 0.6) is 5.75 Å². The lowest BCUT2D eigenvalue weighted by atomic mass is 9.90. The lowest BCUT2D eigenvalue weighted by molar-refractivity contribution is 0.143. The summed E-state index contributed by atoms with van der Waals surface area (Å²) in [5, 5.41) is 10.4. The molecule has 0 amide bonds. The highest BCUT2D eigenvalue weighted by Gasteiger charge is 2.24. The number of pyridine rings is 1. The van der Waals surface area contributed by atoms with Crippen molar-refractivity contribution < 1.29 is 14.2 Å². The highest BCUT2D eigenvalue weighted by Crippen LogP contribution is 2.32. The summed E-state index contributed by atoms with van der Waals surface area (Å²) in [7, 11) is 1.46. The van der Waals surface area contributed by atoms with Crippen molar-refractivity contribution in [2.45, 2.75) is 12.0 Å². The largest absolute Gasteiger partial charge is 0.497 e. The Morgan fingerprint density at radius 1 is 1.40 bits per heavy atom. The second-order valence-corrected chi connectivity index (χ2v) is 4.46. The van der Waals surface area contributed by atoms with Gasteiger partial charge in [0.15, 0.2) is 0 Å². The van der Waals surface area contributed by atoms with E-state index in [1.165, 1.54) is 19.2 Å². The van der Waals surface area contributed by atoms with Crippen molar-refractivity contribution in [3.05, 3.63) is 59.7 Å². The van der Waals surface area contributed by atoms with Gasteiger partial charge < -0.3 is 15.6 Å². The number of benzene rings is 1. The second-order valence-electron chi connectivity index (χ2n) is 4.46. The summed E-state index contributed by atoms with van der Waals surface area (Å²) < 4.78 is 18.9. The predicted molar refractivity (Wildman–Crippen MR) is 73.9 cm³/mol. The van der Waals surface area contributed by atoms with Gasteiger partial charge in [-0.1, -0.05) is 6.07 Å². The lowest BCUT2D eigenvalue weighted by Crippen LogP contribution is -2.21. The summed E-state index contributed by atoms with van der Waals surface area (Å²) in [6.07, 6.45) is 2.23. The van der Waals surface area contributed by atoms with E-state index >= 15 is 0 Å². The Labute approximate surface area is 117 Å². The van der Waals surface area contributed by atoms with E-state index in [1.807, 2.05) is 6.07 Å². The number of halogens is 1. The molecule has 0 saturated carbocycles. The van der Waals surface area contributed by atoms with Crippen LogP contribution in [0.1, 0.15) is 23.1 Å². The van der Waals surface area contributed by atoms with Crippen molar-refractivity contribution in [3.8, 4) is 5.75 Å². The number of aliphatic hydroxyl groups is 1. The molecule has 0 aliphatic heterocycles. The van der Waals surface area contributed by atoms with E-state index in [4.69, 9.17) is 10.5 Å². The van der Waals surface area contributed by atoms with Gasteiger partial charge in [0.1, 0.15) is 11.6 Å². The van der Waals surface area contributed by atoms with E-state index < -0.39 is 17.8 Å². The van der Waals surface area contributed by atoms with Crippen LogP contribution in [0.25, 0.3) is 0 Å². The van der Waals surface area contributed by atoms with Crippen LogP contribution in [-0.4, -0.2) is 23.7 Å². The van der Waals surface area contributed by atoms with Gasteiger partial charge in [0, 0.05) is 36.5 Å². The van der Waals surface area contributed by atoms with Crippen LogP contribution in [0, 0.1) is 5.82 Å². The summed E-state index contributed by atoms with van der Waals surface area (Å²) >= 11 is 0. The first kappa shape index (κ1) is 14.4. The van der Waals surface area contributed by atoms with Crippen molar-refractivity contribution in [1.29, 1.82) is 0 Å². The molecule has 0 fully saturated rings. The SMILES string of the molecule is COc1ccc(C(O)C(CN)c2cccnc2)c(F)c1. The number of hydrogen-bond acceptors (Lipinski definition) is 4. The molecule has 0 radical (unpaired) electrons. The maximum absolute atomic E-state index is 14.0. The minimum Gasteiger partial charge on any atom is -0.497 e. The molecule has 0 saturated heterocycles. The molecule has 2 unspecified atom stereocenters. The van der Waals surface area contributed by atoms with Crippen molar-refractivity contribution >= 4 is 0 Å². The number of hydrogen-bond donors (Lipinski definition) is 2. The van der Waals surface area contributed by atoms with E-state index in [-0.39, 0.29) is 12.1 Å². The van der Waals surface area contributed by atoms with E-state index in [1.54, 1.807) is 24.5 Å². The summed E-state index contributed by atoms with van der Waals surface area (Å²) in [5.74, 6) is -0.519. The smallest absolute Gasteiger partial charge is 0.132 e. The molecule has 1 aromatic heterocycles. The number of methoxy groups -OCH3 is 1. The third kappa shape index (κ3) is 2.95. The molecule has 2 rings (SSSR count). The van der Waals surface area contributed by atoms with Crippen molar-refractivity contribution in [2.24, 2.45) is 5.73 Å². The molecule has 106 valence electrons. The van der Waals surface area contributed by atoms with E-state index in [2.05, 4.69) is 4.98 Å². The maximum atomic E-state index is 14.0. The zero-order valence-corrected chi connectivity index (χ0v) is 11.2. The Hall–Kier alpha value is -1.98. The zero-order valence-electron chi connectivity index (χ0n) is 11.2. The van der Waals surface area contributed by atoms with Crippen LogP contribution < -0.4 is 10.5 Å². The fraction of sp³-hybridized carbons (Fsp3) is 0.267. The highest BCUT2D eigenvalue weighted by molar-refractivity contribution is 5.32. The average Bonchev–Trinajstić information content (AvgIpc) is 2.48. The Morgan fingerprint density at radius 2 is 2.20 bits per heavy atom. The van der Waals surface area contributed by atoms with Gasteiger partial charge in [0.25, 0.3) is 0 Å². The Morgan fingerprint density at radius 3 is 2.75 bits per heavy atom. The minimum absolute atomic E-state index is 0.193. The Bertz CT molecular complexity index is 563. The number of aliphatic hydroxyl groups excluding tert-OH is 1. The summed E-state index contributed by atoms with van der Waals surface area (Å²) in [4.78, 5) is 4.00. The minimum atomic E-state index is -1.03. The quantitative estimate of drug-likeness (QED) is 0.876. The van der Waals surface area contributed by atoms with Gasteiger partial charge >= 0.3 is 0 Å². The van der Waals surface area contributed by atoms with Crippen LogP contribution >= 0.6 is 0 Å². The van der Waals surface area contributed by atoms with E-state index in [0.29, 0.717) is 5.75 Å². The van der Waals surface area contributed by atoms with Gasteiger partial charge in [0.05, 0.1) is 13.2 Å². The molecular weight excluding hydrogens is 259 g/mol. The second kappa shape index (κ2) is 6.45. The van der Waals surface area contributed by atoms with Crippen molar-refractivity contribution in [1.82, 2.24) is 4.98 Å². The third-order valence-corrected chi connectivity index (χ3v) is 3.27. The Kier molecular flexibility index (Phi) is 4.65. The summed E-state index contributed by atoms with van der Waals surface area (Å²) in [6.45, 7) is 0.193. The standard InChI is InChI=1S/C15H17FN2O2/c1-20-11-4-5-12(14(16)7-11)15(19)13(8-17)10-3-2-6-18-9-10/h2-7,9,13,15,19H,8,17H2,1H3. The van der Waals surface area contributed by atoms with Gasteiger partial charge in [-0.15, -0.1) is 0 Å². The van der Waals surface area contributed by atoms with Crippen LogP contribution in [0.2, 0.25) is 0 Å². The van der Waals surface area contributed by atoms with Crippen molar-refractivity contribution in [2.75, 3.05) is 13.7 Å². The molecule has 0 aliphatic rings. The van der Waals surface area contributed by atoms with Gasteiger partial charge in [-0.2, -0.15) is 0 Å². The lowest BCUT2D eigenvalue weighted by Gasteiger charge is -2.22. The summed E-state index contributed by atoms with van der Waals surface area (Å²) in [6, 6.07) is 7.94. The molecule has 0 aliphatic carbocycles. The summed E-state index contributed by atoms with van der Waals surface area (Å²) in [5.41, 5.74) is 6.69. The first-order chi connectivity index (χ1) is 9.67. The highest BCUT2D eigenvalue weighted by atomic mass is 19.1. The monoisotopic (exact) mass is 276 g/mol. The van der Waals surface area contributed by atoms with Gasteiger partial charge in [-0.05, 0) is 23.8 Å².